The molecule has 2 saturated heterocycles. The molecule has 3 aliphatic rings. The summed E-state index contributed by atoms with van der Waals surface area (Å²) in [6.45, 7) is 23.7. The van der Waals surface area contributed by atoms with Gasteiger partial charge in [-0.1, -0.05) is 90.1 Å². The number of amides is 1. The van der Waals surface area contributed by atoms with E-state index in [-0.39, 0.29) is 29.6 Å². The number of aromatic amines is 1. The zero-order valence-corrected chi connectivity index (χ0v) is 37.1. The minimum Gasteiger partial charge on any atom is -0.470 e. The van der Waals surface area contributed by atoms with Gasteiger partial charge < -0.3 is 33.2 Å². The van der Waals surface area contributed by atoms with E-state index in [1.165, 1.54) is 43.7 Å². The van der Waals surface area contributed by atoms with E-state index in [9.17, 15) is 4.79 Å². The van der Waals surface area contributed by atoms with E-state index < -0.39 is 20.8 Å². The van der Waals surface area contributed by atoms with Gasteiger partial charge in [-0.15, -0.1) is 0 Å². The number of hydrogen-bond donors (Lipinski definition) is 1. The Labute approximate surface area is 337 Å². The highest BCUT2D eigenvalue weighted by Gasteiger charge is 2.54. The summed E-state index contributed by atoms with van der Waals surface area (Å²) in [6.07, 6.45) is 9.53. The Morgan fingerprint density at radius 3 is 2.45 bits per heavy atom. The number of nitrogens with zero attached hydrogens (tertiary/aromatic N) is 2. The van der Waals surface area contributed by atoms with Crippen LogP contribution in [0.5, 0.6) is 5.75 Å². The Bertz CT molecular complexity index is 2070. The van der Waals surface area contributed by atoms with E-state index in [0.717, 1.165) is 81.8 Å². The van der Waals surface area contributed by atoms with E-state index in [4.69, 9.17) is 18.8 Å². The third-order valence-corrected chi connectivity index (χ3v) is 17.0. The van der Waals surface area contributed by atoms with Crippen molar-refractivity contribution in [3.05, 3.63) is 59.8 Å². The summed E-state index contributed by atoms with van der Waals surface area (Å²) in [5.41, 5.74) is 7.66. The first kappa shape index (κ1) is 40.7. The molecule has 5 heterocycles. The Morgan fingerprint density at radius 2 is 1.73 bits per heavy atom. The quantitative estimate of drug-likeness (QED) is 0.114. The monoisotopic (exact) mass is 779 g/mol. The molecular weight excluding hydrogens is 713 g/mol. The Morgan fingerprint density at radius 1 is 0.982 bits per heavy atom. The van der Waals surface area contributed by atoms with Crippen molar-refractivity contribution in [2.24, 2.45) is 0 Å². The summed E-state index contributed by atoms with van der Waals surface area (Å²) in [5.74, 6) is 0.874. The maximum Gasteiger partial charge on any atom is 0.494 e. The van der Waals surface area contributed by atoms with E-state index in [1.54, 1.807) is 0 Å². The highest BCUT2D eigenvalue weighted by atomic mass is 28.3. The van der Waals surface area contributed by atoms with Gasteiger partial charge in [0, 0.05) is 34.1 Å². The number of carbonyl (C=O) groups excluding carboxylic acids is 1. The molecule has 3 aliphatic heterocycles. The number of benzene rings is 2. The van der Waals surface area contributed by atoms with Crippen molar-refractivity contribution in [1.29, 1.82) is 0 Å². The zero-order chi connectivity index (χ0) is 40.2. The van der Waals surface area contributed by atoms with Gasteiger partial charge in [0.15, 0.2) is 6.23 Å². The molecule has 0 saturated carbocycles. The number of fused-ring (bicyclic) bond motifs is 5. The number of nitrogens with one attached hydrogen (secondary N) is 1. The molecule has 4 atom stereocenters. The maximum absolute atomic E-state index is 13.8. The molecule has 1 amide bonds. The first-order valence-electron chi connectivity index (χ1n) is 21.5. The van der Waals surface area contributed by atoms with Crippen LogP contribution in [0.25, 0.3) is 33.4 Å². The first-order valence-corrected chi connectivity index (χ1v) is 24.6. The summed E-state index contributed by atoms with van der Waals surface area (Å²) in [6, 6.07) is 20.0. The standard InChI is InChI=1S/C46H66BN3O5Si/c1-12-15-17-23-46(10)45(8,9)54-47(55-46)35-20-22-38-34(25-35)27-39-36-21-19-33(28-41(36)52-31(4)50(38)39)37-26-32(14-3)42(48-37)40-29-56(11,24-18-16-13-2)30-49(40)43(51)53-44(5,6)7/h19-22,25-28,31,40,48H,12-18,23-24,29-30H2,1-11H3. The lowest BCUT2D eigenvalue weighted by molar-refractivity contribution is -0.0171. The molecule has 302 valence electrons. The number of ether oxygens (including phenoxy) is 2. The van der Waals surface area contributed by atoms with Crippen LogP contribution in [0.3, 0.4) is 0 Å². The van der Waals surface area contributed by atoms with Gasteiger partial charge in [0.2, 0.25) is 0 Å². The van der Waals surface area contributed by atoms with Crippen molar-refractivity contribution in [3.8, 4) is 28.3 Å². The number of unbranched alkanes of at least 4 members (excludes halogenated alkanes) is 4. The molecule has 4 unspecified atom stereocenters. The van der Waals surface area contributed by atoms with Crippen molar-refractivity contribution in [2.45, 2.75) is 168 Å². The molecular formula is C46H66BN3O5Si. The van der Waals surface area contributed by atoms with Crippen LogP contribution < -0.4 is 10.2 Å². The van der Waals surface area contributed by atoms with Crippen LogP contribution >= 0.6 is 0 Å². The summed E-state index contributed by atoms with van der Waals surface area (Å²) in [4.78, 5) is 19.7. The second kappa shape index (κ2) is 15.4. The third-order valence-electron chi connectivity index (χ3n) is 12.9. The fraction of sp³-hybridized carbons (Fsp3) is 0.587. The molecule has 0 spiro atoms. The number of aryl methyl sites for hydroxylation is 1. The Kier molecular flexibility index (Phi) is 11.2. The van der Waals surface area contributed by atoms with Crippen LogP contribution in [-0.4, -0.2) is 58.7 Å². The van der Waals surface area contributed by atoms with Crippen LogP contribution in [0.2, 0.25) is 18.6 Å². The average Bonchev–Trinajstić information content (AvgIpc) is 3.88. The lowest BCUT2D eigenvalue weighted by Crippen LogP contribution is -2.44. The van der Waals surface area contributed by atoms with Gasteiger partial charge in [0.1, 0.15) is 11.4 Å². The Hall–Kier alpha value is -3.47. The van der Waals surface area contributed by atoms with Crippen LogP contribution in [0.15, 0.2) is 48.5 Å². The van der Waals surface area contributed by atoms with Crippen LogP contribution in [0, 0.1) is 0 Å². The van der Waals surface area contributed by atoms with Crippen molar-refractivity contribution in [2.75, 3.05) is 6.17 Å². The molecule has 1 N–H and O–H groups in total. The molecule has 0 bridgehead atoms. The molecule has 8 nitrogen and oxygen atoms in total. The number of hydrogen-bond acceptors (Lipinski definition) is 5. The van der Waals surface area contributed by atoms with Crippen LogP contribution in [0.1, 0.15) is 138 Å². The van der Waals surface area contributed by atoms with Crippen molar-refractivity contribution < 1.29 is 23.6 Å². The molecule has 4 aromatic rings. The fourth-order valence-corrected chi connectivity index (χ4v) is 13.5. The van der Waals surface area contributed by atoms with E-state index in [0.29, 0.717) is 0 Å². The van der Waals surface area contributed by atoms with Gasteiger partial charge in [0.05, 0.1) is 36.5 Å². The predicted molar refractivity (Wildman–Crippen MR) is 232 cm³/mol. The minimum absolute atomic E-state index is 0.0118. The molecule has 56 heavy (non-hydrogen) atoms. The normalized spacial score (nSPS) is 24.4. The summed E-state index contributed by atoms with van der Waals surface area (Å²) in [7, 11) is -2.12. The van der Waals surface area contributed by atoms with Gasteiger partial charge in [-0.3, -0.25) is 0 Å². The number of aromatic nitrogens is 2. The fourth-order valence-electron chi connectivity index (χ4n) is 9.41. The van der Waals surface area contributed by atoms with E-state index in [2.05, 4.69) is 118 Å². The summed E-state index contributed by atoms with van der Waals surface area (Å²) < 4.78 is 28.3. The maximum atomic E-state index is 13.8. The van der Waals surface area contributed by atoms with Gasteiger partial charge in [0.25, 0.3) is 0 Å². The average molecular weight is 780 g/mol. The van der Waals surface area contributed by atoms with Gasteiger partial charge >= 0.3 is 13.2 Å². The van der Waals surface area contributed by atoms with E-state index >= 15 is 0 Å². The molecule has 7 rings (SSSR count). The third kappa shape index (κ3) is 7.74. The number of carbonyl (C=O) groups is 1. The minimum atomic E-state index is -1.71. The zero-order valence-electron chi connectivity index (χ0n) is 36.1. The summed E-state index contributed by atoms with van der Waals surface area (Å²) >= 11 is 0. The van der Waals surface area contributed by atoms with Gasteiger partial charge in [-0.25, -0.2) is 4.79 Å². The lowest BCUT2D eigenvalue weighted by Gasteiger charge is -2.36. The molecule has 2 aromatic carbocycles. The molecule has 10 heteroatoms. The Balaban J connectivity index is 1.17. The highest BCUT2D eigenvalue weighted by Crippen LogP contribution is 2.47. The largest absolute Gasteiger partial charge is 0.494 e. The predicted octanol–water partition coefficient (Wildman–Crippen LogP) is 11.7. The highest BCUT2D eigenvalue weighted by molar-refractivity contribution is 6.79. The lowest BCUT2D eigenvalue weighted by atomic mass is 9.78. The second-order valence-electron chi connectivity index (χ2n) is 19.0. The van der Waals surface area contributed by atoms with Crippen LogP contribution in [-0.2, 0) is 20.5 Å². The topological polar surface area (TPSA) is 78.0 Å². The molecule has 2 aromatic heterocycles. The SMILES string of the molecule is CCCCCC1(C)OB(c2ccc3c(c2)cc2n3C(C)Oc3cc(-c4cc(CC)c(C5C[Si](C)(CCCCC)CN5C(=O)OC(C)(C)C)[nH]4)ccc3-2)OC1(C)C. The van der Waals surface area contributed by atoms with Crippen molar-refractivity contribution in [3.63, 3.8) is 0 Å². The smallest absolute Gasteiger partial charge is 0.470 e. The molecule has 2 fully saturated rings. The second-order valence-corrected chi connectivity index (χ2v) is 23.8. The van der Waals surface area contributed by atoms with E-state index in [1.807, 2.05) is 20.8 Å². The summed E-state index contributed by atoms with van der Waals surface area (Å²) in [5, 5.41) is 1.15. The van der Waals surface area contributed by atoms with Crippen molar-refractivity contribution in [1.82, 2.24) is 14.5 Å². The number of rotatable bonds is 12. The molecule has 0 aliphatic carbocycles. The number of H-pyrrole nitrogens is 1. The first-order chi connectivity index (χ1) is 26.5. The van der Waals surface area contributed by atoms with Crippen LogP contribution in [0.4, 0.5) is 4.79 Å². The van der Waals surface area contributed by atoms with Gasteiger partial charge in [-0.2, -0.15) is 0 Å². The van der Waals surface area contributed by atoms with Gasteiger partial charge in [-0.05, 0) is 109 Å². The molecule has 0 radical (unpaired) electrons. The van der Waals surface area contributed by atoms with Crippen molar-refractivity contribution >= 4 is 37.7 Å².